The molecule has 0 unspecified atom stereocenters. The number of methoxy groups -OCH3 is 2. The van der Waals surface area contributed by atoms with Crippen molar-refractivity contribution in [3.05, 3.63) is 47.9 Å². The number of rotatable bonds is 5. The number of nitrogens with zero attached hydrogens (tertiary/aromatic N) is 1. The maximum atomic E-state index is 12.7. The molecule has 0 saturated carbocycles. The highest BCUT2D eigenvalue weighted by atomic mass is 19.1. The first-order valence-corrected chi connectivity index (χ1v) is 5.79. The summed E-state index contributed by atoms with van der Waals surface area (Å²) >= 11 is 0. The van der Waals surface area contributed by atoms with Gasteiger partial charge in [-0.2, -0.15) is 0 Å². The fourth-order valence-corrected chi connectivity index (χ4v) is 1.66. The van der Waals surface area contributed by atoms with Gasteiger partial charge in [-0.15, -0.1) is 0 Å². The Morgan fingerprint density at radius 3 is 2.53 bits per heavy atom. The molecule has 19 heavy (non-hydrogen) atoms. The van der Waals surface area contributed by atoms with Gasteiger partial charge in [-0.1, -0.05) is 6.07 Å². The van der Waals surface area contributed by atoms with E-state index in [1.165, 1.54) is 12.3 Å². The number of nitrogens with one attached hydrogen (secondary N) is 1. The molecule has 0 fully saturated rings. The van der Waals surface area contributed by atoms with Crippen LogP contribution in [0.25, 0.3) is 0 Å². The minimum Gasteiger partial charge on any atom is -0.493 e. The van der Waals surface area contributed by atoms with E-state index in [-0.39, 0.29) is 5.82 Å². The third kappa shape index (κ3) is 3.34. The minimum absolute atomic E-state index is 0.350. The molecule has 100 valence electrons. The second-order valence-electron chi connectivity index (χ2n) is 3.90. The molecule has 0 saturated heterocycles. The minimum atomic E-state index is -0.350. The van der Waals surface area contributed by atoms with Crippen LogP contribution >= 0.6 is 0 Å². The molecule has 1 aromatic heterocycles. The first-order valence-electron chi connectivity index (χ1n) is 5.79. The van der Waals surface area contributed by atoms with Crippen molar-refractivity contribution in [2.24, 2.45) is 0 Å². The molecule has 2 aromatic rings. The van der Waals surface area contributed by atoms with Gasteiger partial charge < -0.3 is 14.8 Å². The molecule has 0 radical (unpaired) electrons. The predicted octanol–water partition coefficient (Wildman–Crippen LogP) is 2.85. The Hall–Kier alpha value is -2.30. The van der Waals surface area contributed by atoms with Crippen LogP contribution in [0.4, 0.5) is 10.2 Å². The van der Waals surface area contributed by atoms with Crippen molar-refractivity contribution < 1.29 is 13.9 Å². The van der Waals surface area contributed by atoms with Crippen LogP contribution < -0.4 is 14.8 Å². The van der Waals surface area contributed by atoms with Crippen molar-refractivity contribution in [2.45, 2.75) is 6.54 Å². The summed E-state index contributed by atoms with van der Waals surface area (Å²) in [6.07, 6.45) is 1.18. The van der Waals surface area contributed by atoms with Crippen molar-refractivity contribution in [1.82, 2.24) is 4.98 Å². The van der Waals surface area contributed by atoms with Crippen molar-refractivity contribution in [2.75, 3.05) is 19.5 Å². The lowest BCUT2D eigenvalue weighted by atomic mass is 10.2. The van der Waals surface area contributed by atoms with E-state index < -0.39 is 0 Å². The average Bonchev–Trinajstić information content (AvgIpc) is 2.46. The average molecular weight is 262 g/mol. The smallest absolute Gasteiger partial charge is 0.161 e. The topological polar surface area (TPSA) is 43.4 Å². The fourth-order valence-electron chi connectivity index (χ4n) is 1.66. The predicted molar refractivity (Wildman–Crippen MR) is 71.1 cm³/mol. The van der Waals surface area contributed by atoms with E-state index in [9.17, 15) is 4.39 Å². The van der Waals surface area contributed by atoms with Crippen LogP contribution in [0.1, 0.15) is 5.56 Å². The highest BCUT2D eigenvalue weighted by Gasteiger charge is 2.04. The molecule has 0 aliphatic heterocycles. The van der Waals surface area contributed by atoms with E-state index in [1.54, 1.807) is 20.3 Å². The Labute approximate surface area is 111 Å². The van der Waals surface area contributed by atoms with Gasteiger partial charge in [0.1, 0.15) is 11.6 Å². The highest BCUT2D eigenvalue weighted by molar-refractivity contribution is 5.44. The molecule has 1 heterocycles. The zero-order chi connectivity index (χ0) is 13.7. The van der Waals surface area contributed by atoms with Crippen LogP contribution in [0.2, 0.25) is 0 Å². The largest absolute Gasteiger partial charge is 0.493 e. The first-order chi connectivity index (χ1) is 9.22. The molecular formula is C14H15FN2O2. The molecule has 0 atom stereocenters. The maximum absolute atomic E-state index is 12.7. The van der Waals surface area contributed by atoms with Gasteiger partial charge in [0.05, 0.1) is 20.4 Å². The number of benzene rings is 1. The van der Waals surface area contributed by atoms with Crippen molar-refractivity contribution in [1.29, 1.82) is 0 Å². The van der Waals surface area contributed by atoms with Gasteiger partial charge in [0.2, 0.25) is 0 Å². The SMILES string of the molecule is COc1ccc(CNc2ccc(F)cn2)cc1OC. The van der Waals surface area contributed by atoms with Crippen LogP contribution in [-0.2, 0) is 6.54 Å². The van der Waals surface area contributed by atoms with Gasteiger partial charge in [-0.25, -0.2) is 9.37 Å². The van der Waals surface area contributed by atoms with Gasteiger partial charge in [0.25, 0.3) is 0 Å². The molecule has 0 aliphatic rings. The Kier molecular flexibility index (Phi) is 4.18. The van der Waals surface area contributed by atoms with Gasteiger partial charge in [0, 0.05) is 6.54 Å². The first kappa shape index (κ1) is 13.1. The van der Waals surface area contributed by atoms with Crippen LogP contribution in [0, 0.1) is 5.82 Å². The fraction of sp³-hybridized carbons (Fsp3) is 0.214. The highest BCUT2D eigenvalue weighted by Crippen LogP contribution is 2.27. The van der Waals surface area contributed by atoms with E-state index in [2.05, 4.69) is 10.3 Å². The second kappa shape index (κ2) is 6.04. The van der Waals surface area contributed by atoms with Crippen LogP contribution in [-0.4, -0.2) is 19.2 Å². The van der Waals surface area contributed by atoms with Crippen LogP contribution in [0.15, 0.2) is 36.5 Å². The lowest BCUT2D eigenvalue weighted by molar-refractivity contribution is 0.354. The summed E-state index contributed by atoms with van der Waals surface area (Å²) in [5.41, 5.74) is 1.02. The Bertz CT molecular complexity index is 544. The molecule has 2 rings (SSSR count). The second-order valence-corrected chi connectivity index (χ2v) is 3.90. The summed E-state index contributed by atoms with van der Waals surface area (Å²) in [6.45, 7) is 0.568. The van der Waals surface area contributed by atoms with Gasteiger partial charge in [-0.3, -0.25) is 0 Å². The number of aromatic nitrogens is 1. The van der Waals surface area contributed by atoms with E-state index >= 15 is 0 Å². The number of halogens is 1. The Morgan fingerprint density at radius 2 is 1.89 bits per heavy atom. The van der Waals surface area contributed by atoms with Crippen molar-refractivity contribution >= 4 is 5.82 Å². The van der Waals surface area contributed by atoms with E-state index in [0.29, 0.717) is 23.9 Å². The molecule has 0 aliphatic carbocycles. The van der Waals surface area contributed by atoms with E-state index in [4.69, 9.17) is 9.47 Å². The standard InChI is InChI=1S/C14H15FN2O2/c1-18-12-5-3-10(7-13(12)19-2)8-16-14-6-4-11(15)9-17-14/h3-7,9H,8H2,1-2H3,(H,16,17). The molecule has 4 nitrogen and oxygen atoms in total. The van der Waals surface area contributed by atoms with Gasteiger partial charge in [0.15, 0.2) is 11.5 Å². The Balaban J connectivity index is 2.05. The molecule has 0 bridgehead atoms. The quantitative estimate of drug-likeness (QED) is 0.899. The summed E-state index contributed by atoms with van der Waals surface area (Å²) < 4.78 is 23.1. The lowest BCUT2D eigenvalue weighted by Gasteiger charge is -2.10. The molecule has 1 N–H and O–H groups in total. The van der Waals surface area contributed by atoms with Crippen LogP contribution in [0.5, 0.6) is 11.5 Å². The number of anilines is 1. The molecular weight excluding hydrogens is 247 g/mol. The van der Waals surface area contributed by atoms with Crippen molar-refractivity contribution in [3.63, 3.8) is 0 Å². The monoisotopic (exact) mass is 262 g/mol. The third-order valence-corrected chi connectivity index (χ3v) is 2.65. The maximum Gasteiger partial charge on any atom is 0.161 e. The molecule has 5 heteroatoms. The van der Waals surface area contributed by atoms with Crippen LogP contribution in [0.3, 0.4) is 0 Å². The number of ether oxygens (including phenoxy) is 2. The molecule has 0 amide bonds. The van der Waals surface area contributed by atoms with E-state index in [0.717, 1.165) is 5.56 Å². The normalized spacial score (nSPS) is 10.1. The summed E-state index contributed by atoms with van der Waals surface area (Å²) in [6, 6.07) is 8.61. The third-order valence-electron chi connectivity index (χ3n) is 2.65. The molecule has 1 aromatic carbocycles. The lowest BCUT2D eigenvalue weighted by Crippen LogP contribution is -2.02. The Morgan fingerprint density at radius 1 is 1.11 bits per heavy atom. The van der Waals surface area contributed by atoms with Gasteiger partial charge >= 0.3 is 0 Å². The van der Waals surface area contributed by atoms with E-state index in [1.807, 2.05) is 18.2 Å². The number of hydrogen-bond donors (Lipinski definition) is 1. The van der Waals surface area contributed by atoms with Gasteiger partial charge in [-0.05, 0) is 29.8 Å². The number of hydrogen-bond acceptors (Lipinski definition) is 4. The number of pyridine rings is 1. The summed E-state index contributed by atoms with van der Waals surface area (Å²) in [5, 5.41) is 3.10. The summed E-state index contributed by atoms with van der Waals surface area (Å²) in [5.74, 6) is 1.63. The summed E-state index contributed by atoms with van der Waals surface area (Å²) in [4.78, 5) is 3.93. The zero-order valence-electron chi connectivity index (χ0n) is 10.8. The zero-order valence-corrected chi connectivity index (χ0v) is 10.8. The van der Waals surface area contributed by atoms with Crippen molar-refractivity contribution in [3.8, 4) is 11.5 Å². The summed E-state index contributed by atoms with van der Waals surface area (Å²) in [7, 11) is 3.19. The molecule has 0 spiro atoms.